The number of anilines is 2. The summed E-state index contributed by atoms with van der Waals surface area (Å²) in [5, 5.41) is 2.17. The highest BCUT2D eigenvalue weighted by atomic mass is 19.4. The van der Waals surface area contributed by atoms with Crippen LogP contribution in [0.5, 0.6) is 5.75 Å². The summed E-state index contributed by atoms with van der Waals surface area (Å²) < 4.78 is 119. The molecule has 0 amide bonds. The van der Waals surface area contributed by atoms with E-state index in [1.165, 1.54) is 0 Å². The molecule has 0 aliphatic heterocycles. The molecule has 160 valence electrons. The van der Waals surface area contributed by atoms with Crippen molar-refractivity contribution in [3.05, 3.63) is 53.9 Å². The molecule has 3 aromatic rings. The van der Waals surface area contributed by atoms with E-state index < -0.39 is 41.2 Å². The lowest BCUT2D eigenvalue weighted by molar-refractivity contribution is -0.274. The molecule has 2 heterocycles. The number of pyridine rings is 2. The molecule has 0 unspecified atom stereocenters. The number of fused-ring (bicyclic) bond motifs is 1. The van der Waals surface area contributed by atoms with E-state index in [4.69, 9.17) is 0 Å². The Morgan fingerprint density at radius 3 is 2.07 bits per heavy atom. The summed E-state index contributed by atoms with van der Waals surface area (Å²) in [6.45, 7) is 0. The highest BCUT2D eigenvalue weighted by Gasteiger charge is 2.36. The van der Waals surface area contributed by atoms with Crippen LogP contribution in [-0.2, 0) is 12.4 Å². The summed E-state index contributed by atoms with van der Waals surface area (Å²) in [7, 11) is 0. The van der Waals surface area contributed by atoms with Crippen molar-refractivity contribution < 1.29 is 44.3 Å². The van der Waals surface area contributed by atoms with Crippen molar-refractivity contribution in [2.45, 2.75) is 18.7 Å². The van der Waals surface area contributed by atoms with Gasteiger partial charge >= 0.3 is 18.7 Å². The smallest absolute Gasteiger partial charge is 0.403 e. The van der Waals surface area contributed by atoms with Crippen molar-refractivity contribution in [2.24, 2.45) is 0 Å². The molecule has 0 bridgehead atoms. The summed E-state index contributed by atoms with van der Waals surface area (Å²) in [6, 6.07) is 5.03. The van der Waals surface area contributed by atoms with Crippen LogP contribution in [0, 0.1) is 0 Å². The van der Waals surface area contributed by atoms with Crippen molar-refractivity contribution in [3.63, 3.8) is 0 Å². The molecular weight excluding hydrogens is 433 g/mol. The number of para-hydroxylation sites is 1. The molecule has 0 aliphatic carbocycles. The van der Waals surface area contributed by atoms with E-state index in [0.717, 1.165) is 24.3 Å². The third-order valence-electron chi connectivity index (χ3n) is 3.67. The first-order chi connectivity index (χ1) is 13.7. The van der Waals surface area contributed by atoms with Gasteiger partial charge in [0, 0.05) is 11.6 Å². The number of ether oxygens (including phenoxy) is 1. The Morgan fingerprint density at radius 2 is 1.53 bits per heavy atom. The predicted octanol–water partition coefficient (Wildman–Crippen LogP) is 6.31. The number of aromatic nitrogens is 2. The van der Waals surface area contributed by atoms with E-state index in [2.05, 4.69) is 20.0 Å². The van der Waals surface area contributed by atoms with Gasteiger partial charge in [0.2, 0.25) is 0 Å². The SMILES string of the molecule is FC(F)(F)Oc1cccc2c(Nc3ccc(C(F)(F)F)cn3)cc(C(F)(F)F)nc12. The molecule has 0 atom stereocenters. The van der Waals surface area contributed by atoms with Crippen LogP contribution < -0.4 is 10.1 Å². The van der Waals surface area contributed by atoms with Gasteiger partial charge in [0.25, 0.3) is 0 Å². The van der Waals surface area contributed by atoms with Gasteiger partial charge in [-0.2, -0.15) is 26.3 Å². The Labute approximate surface area is 161 Å². The molecule has 0 fully saturated rings. The minimum Gasteiger partial charge on any atom is -0.403 e. The number of hydrogen-bond acceptors (Lipinski definition) is 4. The average Bonchev–Trinajstić information content (AvgIpc) is 2.60. The van der Waals surface area contributed by atoms with Crippen molar-refractivity contribution in [1.29, 1.82) is 0 Å². The van der Waals surface area contributed by atoms with Crippen LogP contribution >= 0.6 is 0 Å². The molecule has 0 radical (unpaired) electrons. The predicted molar refractivity (Wildman–Crippen MR) is 85.9 cm³/mol. The van der Waals surface area contributed by atoms with E-state index in [-0.39, 0.29) is 16.9 Å². The standard InChI is InChI=1S/C17H8F9N3O/c18-15(19,20)8-4-5-13(27-7-8)28-10-6-12(16(21,22)23)29-14-9(10)2-1-3-11(14)30-17(24,25)26/h1-7H,(H,27,28,29). The maximum atomic E-state index is 13.2. The zero-order valence-electron chi connectivity index (χ0n) is 14.2. The van der Waals surface area contributed by atoms with Gasteiger partial charge in [-0.1, -0.05) is 12.1 Å². The van der Waals surface area contributed by atoms with Crippen molar-refractivity contribution in [2.75, 3.05) is 5.32 Å². The van der Waals surface area contributed by atoms with Crippen molar-refractivity contribution in [1.82, 2.24) is 9.97 Å². The average molecular weight is 441 g/mol. The molecule has 13 heteroatoms. The fourth-order valence-corrected chi connectivity index (χ4v) is 2.45. The monoisotopic (exact) mass is 441 g/mol. The number of nitrogens with one attached hydrogen (secondary N) is 1. The first-order valence-corrected chi connectivity index (χ1v) is 7.81. The maximum absolute atomic E-state index is 13.2. The van der Waals surface area contributed by atoms with E-state index >= 15 is 0 Å². The lowest BCUT2D eigenvalue weighted by Gasteiger charge is -2.16. The highest BCUT2D eigenvalue weighted by molar-refractivity contribution is 5.96. The number of halogens is 9. The summed E-state index contributed by atoms with van der Waals surface area (Å²) in [5.41, 5.74) is -3.77. The fraction of sp³-hybridized carbons (Fsp3) is 0.176. The van der Waals surface area contributed by atoms with Crippen LogP contribution in [0.3, 0.4) is 0 Å². The zero-order valence-corrected chi connectivity index (χ0v) is 14.2. The normalized spacial score (nSPS) is 12.8. The van der Waals surface area contributed by atoms with Crippen LogP contribution in [-0.4, -0.2) is 16.3 Å². The minimum absolute atomic E-state index is 0.202. The topological polar surface area (TPSA) is 47.0 Å². The van der Waals surface area contributed by atoms with E-state index in [1.54, 1.807) is 0 Å². The second-order valence-electron chi connectivity index (χ2n) is 5.81. The second-order valence-corrected chi connectivity index (χ2v) is 5.81. The van der Waals surface area contributed by atoms with Crippen LogP contribution in [0.15, 0.2) is 42.6 Å². The lowest BCUT2D eigenvalue weighted by atomic mass is 10.1. The number of alkyl halides is 9. The van der Waals surface area contributed by atoms with Gasteiger partial charge in [0.05, 0.1) is 11.3 Å². The highest BCUT2D eigenvalue weighted by Crippen LogP contribution is 2.38. The third kappa shape index (κ3) is 4.83. The Bertz CT molecular complexity index is 1060. The van der Waals surface area contributed by atoms with Crippen LogP contribution in [0.2, 0.25) is 0 Å². The van der Waals surface area contributed by atoms with Crippen LogP contribution in [0.25, 0.3) is 10.9 Å². The van der Waals surface area contributed by atoms with E-state index in [0.29, 0.717) is 18.3 Å². The Balaban J connectivity index is 2.12. The number of hydrogen-bond donors (Lipinski definition) is 1. The minimum atomic E-state index is -5.19. The van der Waals surface area contributed by atoms with Crippen LogP contribution in [0.4, 0.5) is 51.0 Å². The van der Waals surface area contributed by atoms with Gasteiger partial charge in [-0.25, -0.2) is 9.97 Å². The van der Waals surface area contributed by atoms with E-state index in [9.17, 15) is 39.5 Å². The summed E-state index contributed by atoms with van der Waals surface area (Å²) in [4.78, 5) is 6.70. The number of rotatable bonds is 3. The molecule has 0 aliphatic rings. The molecule has 0 saturated carbocycles. The molecular formula is C17H8F9N3O. The molecule has 2 aromatic heterocycles. The number of nitrogens with zero attached hydrogens (tertiary/aromatic N) is 2. The molecule has 1 N–H and O–H groups in total. The fourth-order valence-electron chi connectivity index (χ4n) is 2.45. The van der Waals surface area contributed by atoms with Gasteiger partial charge in [-0.3, -0.25) is 0 Å². The largest absolute Gasteiger partial charge is 0.573 e. The first kappa shape index (κ1) is 21.5. The second kappa shape index (κ2) is 7.22. The van der Waals surface area contributed by atoms with Gasteiger partial charge in [-0.15, -0.1) is 13.2 Å². The Morgan fingerprint density at radius 1 is 0.833 bits per heavy atom. The third-order valence-corrected chi connectivity index (χ3v) is 3.67. The van der Waals surface area contributed by atoms with Crippen molar-refractivity contribution in [3.8, 4) is 5.75 Å². The molecule has 0 spiro atoms. The summed E-state index contributed by atoms with van der Waals surface area (Å²) >= 11 is 0. The Kier molecular flexibility index (Phi) is 5.16. The maximum Gasteiger partial charge on any atom is 0.573 e. The first-order valence-electron chi connectivity index (χ1n) is 7.81. The van der Waals surface area contributed by atoms with Crippen molar-refractivity contribution >= 4 is 22.4 Å². The van der Waals surface area contributed by atoms with Gasteiger partial charge in [0.15, 0.2) is 5.75 Å². The molecule has 4 nitrogen and oxygen atoms in total. The summed E-state index contributed by atoms with van der Waals surface area (Å²) in [6.07, 6.45) is -14.4. The molecule has 1 aromatic carbocycles. The van der Waals surface area contributed by atoms with Crippen LogP contribution in [0.1, 0.15) is 11.3 Å². The Hall–Kier alpha value is -3.25. The van der Waals surface area contributed by atoms with Gasteiger partial charge < -0.3 is 10.1 Å². The van der Waals surface area contributed by atoms with E-state index in [1.807, 2.05) is 0 Å². The van der Waals surface area contributed by atoms with Gasteiger partial charge in [0.1, 0.15) is 17.0 Å². The molecule has 30 heavy (non-hydrogen) atoms. The van der Waals surface area contributed by atoms with Gasteiger partial charge in [-0.05, 0) is 24.3 Å². The quantitative estimate of drug-likeness (QED) is 0.484. The zero-order chi connectivity index (χ0) is 22.3. The lowest BCUT2D eigenvalue weighted by Crippen LogP contribution is -2.18. The summed E-state index contributed by atoms with van der Waals surface area (Å²) in [5.74, 6) is -1.25. The number of benzene rings is 1. The molecule has 0 saturated heterocycles. The molecule has 3 rings (SSSR count).